The van der Waals surface area contributed by atoms with Crippen LogP contribution >= 0.6 is 0 Å². The maximum atomic E-state index is 12.1. The van der Waals surface area contributed by atoms with Gasteiger partial charge in [-0.2, -0.15) is 0 Å². The number of carbonyl (C=O) groups is 1. The summed E-state index contributed by atoms with van der Waals surface area (Å²) in [7, 11) is 1.44. The van der Waals surface area contributed by atoms with Crippen molar-refractivity contribution >= 4 is 17.2 Å². The van der Waals surface area contributed by atoms with Crippen LogP contribution in [0.4, 0.5) is 0 Å². The summed E-state index contributed by atoms with van der Waals surface area (Å²) >= 11 is -1.38. The first kappa shape index (κ1) is 21.6. The fourth-order valence-electron chi connectivity index (χ4n) is 4.43. The van der Waals surface area contributed by atoms with E-state index in [1.807, 2.05) is 20.8 Å². The number of methoxy groups -OCH3 is 1. The van der Waals surface area contributed by atoms with E-state index in [0.29, 0.717) is 24.5 Å². The van der Waals surface area contributed by atoms with Crippen molar-refractivity contribution in [1.29, 1.82) is 0 Å². The molecule has 6 heteroatoms. The summed E-state index contributed by atoms with van der Waals surface area (Å²) in [6.07, 6.45) is 11.7. The second kappa shape index (κ2) is 10.00. The van der Waals surface area contributed by atoms with E-state index in [1.165, 1.54) is 26.4 Å². The van der Waals surface area contributed by atoms with Crippen LogP contribution in [0.25, 0.3) is 0 Å². The van der Waals surface area contributed by atoms with Gasteiger partial charge in [0.05, 0.1) is 19.1 Å². The molecule has 5 atom stereocenters. The Labute approximate surface area is 161 Å². The Hall–Kier alpha value is -0.720. The van der Waals surface area contributed by atoms with Crippen LogP contribution < -0.4 is 4.72 Å². The molecule has 2 aliphatic carbocycles. The molecule has 0 aromatic carbocycles. The molecular weight excluding hydrogens is 350 g/mol. The van der Waals surface area contributed by atoms with Crippen molar-refractivity contribution in [3.8, 4) is 0 Å². The van der Waals surface area contributed by atoms with Gasteiger partial charge in [0.2, 0.25) is 11.3 Å². The fourth-order valence-corrected chi connectivity index (χ4v) is 5.41. The number of carbonyl (C=O) groups excluding carboxylic acids is 1. The minimum atomic E-state index is -1.38. The molecule has 0 aromatic rings. The molecule has 0 heterocycles. The Morgan fingerprint density at radius 3 is 2.69 bits per heavy atom. The summed E-state index contributed by atoms with van der Waals surface area (Å²) in [5.74, 6) is 1.74. The third kappa shape index (κ3) is 5.64. The molecule has 2 rings (SSSR count). The van der Waals surface area contributed by atoms with Crippen molar-refractivity contribution < 1.29 is 17.9 Å². The predicted octanol–water partition coefficient (Wildman–Crippen LogP) is 3.92. The zero-order valence-electron chi connectivity index (χ0n) is 16.7. The topological polar surface area (TPSA) is 64.6 Å². The van der Waals surface area contributed by atoms with E-state index >= 15 is 0 Å². The average Bonchev–Trinajstić information content (AvgIpc) is 3.21. The van der Waals surface area contributed by atoms with Gasteiger partial charge in [0.1, 0.15) is 0 Å². The van der Waals surface area contributed by atoms with Crippen molar-refractivity contribution in [2.75, 3.05) is 13.7 Å². The number of rotatable bonds is 11. The molecule has 26 heavy (non-hydrogen) atoms. The molecule has 1 N–H and O–H groups in total. The van der Waals surface area contributed by atoms with Crippen molar-refractivity contribution in [1.82, 2.24) is 4.72 Å². The van der Waals surface area contributed by atoms with Gasteiger partial charge in [-0.3, -0.25) is 8.98 Å². The quantitative estimate of drug-likeness (QED) is 0.432. The van der Waals surface area contributed by atoms with Gasteiger partial charge in [0, 0.05) is 6.04 Å². The standard InChI is InChI=1S/C20H35NO4S/c1-5-13-25-26(23)21-18-16-11-10-15(14-16)17(18)9-7-6-8-12-20(2,3)19(22)24-4/h6-7,15-18,21H,5,8-14H2,1-4H3/b7-6-/t15-,16+,17+,18?,26?/m0/s1. The summed E-state index contributed by atoms with van der Waals surface area (Å²) in [5.41, 5.74) is -0.441. The number of ether oxygens (including phenoxy) is 1. The molecule has 150 valence electrons. The van der Waals surface area contributed by atoms with E-state index in [9.17, 15) is 9.00 Å². The Balaban J connectivity index is 1.81. The SMILES string of the molecule is CCCOS(=O)NC1[C@@H]2CC[C@@H](C2)[C@H]1C/C=C\CCC(C)(C)C(=O)OC. The Kier molecular flexibility index (Phi) is 8.30. The van der Waals surface area contributed by atoms with E-state index in [2.05, 4.69) is 16.9 Å². The van der Waals surface area contributed by atoms with Crippen molar-refractivity contribution in [2.45, 2.75) is 71.8 Å². The number of esters is 1. The highest BCUT2D eigenvalue weighted by molar-refractivity contribution is 7.78. The number of hydrogen-bond donors (Lipinski definition) is 1. The molecule has 0 aromatic heterocycles. The van der Waals surface area contributed by atoms with Crippen LogP contribution in [0.1, 0.15) is 65.7 Å². The summed E-state index contributed by atoms with van der Waals surface area (Å²) < 4.78 is 25.5. The lowest BCUT2D eigenvalue weighted by molar-refractivity contribution is -0.151. The van der Waals surface area contributed by atoms with Crippen LogP contribution in [0.2, 0.25) is 0 Å². The first-order valence-electron chi connectivity index (χ1n) is 9.93. The van der Waals surface area contributed by atoms with Gasteiger partial charge in [0.15, 0.2) is 0 Å². The maximum absolute atomic E-state index is 12.1. The Morgan fingerprint density at radius 1 is 1.27 bits per heavy atom. The van der Waals surface area contributed by atoms with Crippen LogP contribution in [-0.2, 0) is 25.0 Å². The van der Waals surface area contributed by atoms with Gasteiger partial charge in [-0.1, -0.05) is 19.1 Å². The van der Waals surface area contributed by atoms with Gasteiger partial charge in [-0.05, 0) is 76.5 Å². The third-order valence-corrected chi connectivity index (χ3v) is 6.81. The van der Waals surface area contributed by atoms with Crippen molar-refractivity contribution in [3.63, 3.8) is 0 Å². The largest absolute Gasteiger partial charge is 0.469 e. The lowest BCUT2D eigenvalue weighted by Gasteiger charge is -2.30. The molecule has 2 unspecified atom stereocenters. The van der Waals surface area contributed by atoms with E-state index in [1.54, 1.807) is 0 Å². The summed E-state index contributed by atoms with van der Waals surface area (Å²) in [6, 6.07) is 0.294. The normalized spacial score (nSPS) is 29.4. The highest BCUT2D eigenvalue weighted by Crippen LogP contribution is 2.50. The predicted molar refractivity (Wildman–Crippen MR) is 104 cm³/mol. The molecule has 0 radical (unpaired) electrons. The molecule has 0 amide bonds. The first-order chi connectivity index (χ1) is 12.4. The molecule has 2 fully saturated rings. The molecular formula is C20H35NO4S. The van der Waals surface area contributed by atoms with E-state index in [4.69, 9.17) is 8.92 Å². The number of nitrogens with one attached hydrogen (secondary N) is 1. The lowest BCUT2D eigenvalue weighted by Crippen LogP contribution is -2.42. The summed E-state index contributed by atoms with van der Waals surface area (Å²) in [6.45, 7) is 6.40. The molecule has 0 aliphatic heterocycles. The van der Waals surface area contributed by atoms with Crippen LogP contribution in [-0.4, -0.2) is 29.9 Å². The van der Waals surface area contributed by atoms with E-state index in [0.717, 1.165) is 31.6 Å². The number of fused-ring (bicyclic) bond motifs is 2. The molecule has 2 bridgehead atoms. The Morgan fingerprint density at radius 2 is 2.00 bits per heavy atom. The van der Waals surface area contributed by atoms with Gasteiger partial charge in [-0.15, -0.1) is 0 Å². The van der Waals surface area contributed by atoms with Gasteiger partial charge in [0.25, 0.3) is 0 Å². The fraction of sp³-hybridized carbons (Fsp3) is 0.850. The highest BCUT2D eigenvalue weighted by Gasteiger charge is 2.47. The van der Waals surface area contributed by atoms with Crippen LogP contribution in [0, 0.1) is 23.2 Å². The van der Waals surface area contributed by atoms with Crippen LogP contribution in [0.5, 0.6) is 0 Å². The second-order valence-corrected chi connectivity index (χ2v) is 9.26. The molecule has 0 spiro atoms. The van der Waals surface area contributed by atoms with Crippen molar-refractivity contribution in [2.24, 2.45) is 23.2 Å². The maximum Gasteiger partial charge on any atom is 0.311 e. The van der Waals surface area contributed by atoms with Gasteiger partial charge in [-0.25, -0.2) is 8.93 Å². The third-order valence-electron chi connectivity index (χ3n) is 5.96. The molecule has 2 aliphatic rings. The zero-order chi connectivity index (χ0) is 19.2. The van der Waals surface area contributed by atoms with Gasteiger partial charge >= 0.3 is 5.97 Å². The monoisotopic (exact) mass is 385 g/mol. The minimum Gasteiger partial charge on any atom is -0.469 e. The van der Waals surface area contributed by atoms with Crippen LogP contribution in [0.15, 0.2) is 12.2 Å². The summed E-state index contributed by atoms with van der Waals surface area (Å²) in [5, 5.41) is 0. The second-order valence-electron chi connectivity index (χ2n) is 8.32. The Bertz CT molecular complexity index is 520. The minimum absolute atomic E-state index is 0.155. The van der Waals surface area contributed by atoms with Crippen molar-refractivity contribution in [3.05, 3.63) is 12.2 Å². The smallest absolute Gasteiger partial charge is 0.311 e. The average molecular weight is 386 g/mol. The lowest BCUT2D eigenvalue weighted by atomic mass is 9.82. The van der Waals surface area contributed by atoms with E-state index < -0.39 is 16.7 Å². The van der Waals surface area contributed by atoms with Gasteiger partial charge < -0.3 is 4.74 Å². The number of hydrogen-bond acceptors (Lipinski definition) is 4. The first-order valence-corrected chi connectivity index (χ1v) is 11.0. The highest BCUT2D eigenvalue weighted by atomic mass is 32.2. The molecule has 2 saturated carbocycles. The molecule has 0 saturated heterocycles. The summed E-state index contributed by atoms with van der Waals surface area (Å²) in [4.78, 5) is 11.7. The zero-order valence-corrected chi connectivity index (χ0v) is 17.5. The molecule has 5 nitrogen and oxygen atoms in total. The number of allylic oxidation sites excluding steroid dienone is 2. The van der Waals surface area contributed by atoms with E-state index in [-0.39, 0.29) is 5.97 Å². The van der Waals surface area contributed by atoms with Crippen LogP contribution in [0.3, 0.4) is 0 Å².